The smallest absolute Gasteiger partial charge is 0.222 e. The average Bonchev–Trinajstić information content (AvgIpc) is 3.17. The molecule has 1 aromatic heterocycles. The molecule has 2 heterocycles. The van der Waals surface area contributed by atoms with E-state index in [9.17, 15) is 4.79 Å². The molecule has 0 saturated heterocycles. The van der Waals surface area contributed by atoms with Crippen LogP contribution >= 0.6 is 0 Å². The number of hydrogen-bond donors (Lipinski definition) is 0. The highest BCUT2D eigenvalue weighted by atomic mass is 16.5. The van der Waals surface area contributed by atoms with Crippen LogP contribution in [0.2, 0.25) is 0 Å². The van der Waals surface area contributed by atoms with E-state index in [-0.39, 0.29) is 5.91 Å². The fraction of sp³-hybridized carbons (Fsp3) is 0.467. The third-order valence-corrected chi connectivity index (χ3v) is 7.48. The molecule has 3 aromatic rings. The van der Waals surface area contributed by atoms with Gasteiger partial charge in [0.1, 0.15) is 18.1 Å². The maximum Gasteiger partial charge on any atom is 0.222 e. The predicted octanol–water partition coefficient (Wildman–Crippen LogP) is 5.87. The van der Waals surface area contributed by atoms with Gasteiger partial charge in [-0.1, -0.05) is 54.8 Å². The standard InChI is InChI=1S/C30H36N2O4/c1-21-30(22(2)36-31-21)26-10-11-28-27(19-26)18-24-7-4-8-25(17-24)20-32(13-14-34-15-16-35-28)29(33)12-9-23-5-3-6-23/h4,7-8,10-11,17,19,23H,3,5-6,9,12-16,18,20H2,1-2H3. The molecular weight excluding hydrogens is 452 g/mol. The number of aryl methyl sites for hydroxylation is 2. The minimum absolute atomic E-state index is 0.230. The predicted molar refractivity (Wildman–Crippen MR) is 139 cm³/mol. The highest BCUT2D eigenvalue weighted by Gasteiger charge is 2.21. The molecule has 1 aliphatic heterocycles. The summed E-state index contributed by atoms with van der Waals surface area (Å²) in [7, 11) is 0. The zero-order valence-electron chi connectivity index (χ0n) is 21.4. The molecule has 6 heteroatoms. The zero-order chi connectivity index (χ0) is 24.9. The molecule has 36 heavy (non-hydrogen) atoms. The quantitative estimate of drug-likeness (QED) is 0.460. The Kier molecular flexibility index (Phi) is 7.71. The molecule has 1 aliphatic carbocycles. The van der Waals surface area contributed by atoms with Crippen molar-refractivity contribution in [2.24, 2.45) is 5.92 Å². The average molecular weight is 489 g/mol. The molecule has 1 fully saturated rings. The van der Waals surface area contributed by atoms with Crippen molar-refractivity contribution in [1.82, 2.24) is 10.1 Å². The molecule has 2 aliphatic rings. The Morgan fingerprint density at radius 3 is 2.69 bits per heavy atom. The van der Waals surface area contributed by atoms with E-state index in [1.54, 1.807) is 0 Å². The molecule has 2 aromatic carbocycles. The Morgan fingerprint density at radius 2 is 1.92 bits per heavy atom. The number of ether oxygens (including phenoxy) is 2. The number of aromatic nitrogens is 1. The summed E-state index contributed by atoms with van der Waals surface area (Å²) < 4.78 is 17.4. The fourth-order valence-electron chi connectivity index (χ4n) is 5.23. The summed E-state index contributed by atoms with van der Waals surface area (Å²) in [4.78, 5) is 15.0. The molecule has 6 nitrogen and oxygen atoms in total. The first-order valence-electron chi connectivity index (χ1n) is 13.2. The number of fused-ring (bicyclic) bond motifs is 3. The van der Waals surface area contributed by atoms with Gasteiger partial charge in [0, 0.05) is 31.5 Å². The Bertz CT molecular complexity index is 1180. The highest BCUT2D eigenvalue weighted by molar-refractivity contribution is 5.76. The van der Waals surface area contributed by atoms with Crippen LogP contribution in [0, 0.1) is 19.8 Å². The highest BCUT2D eigenvalue weighted by Crippen LogP contribution is 2.33. The molecule has 0 atom stereocenters. The molecule has 0 radical (unpaired) electrons. The van der Waals surface area contributed by atoms with Crippen LogP contribution in [0.4, 0.5) is 0 Å². The van der Waals surface area contributed by atoms with Gasteiger partial charge in [-0.3, -0.25) is 4.79 Å². The SMILES string of the molecule is Cc1noc(C)c1-c1ccc2c(c1)Cc1cccc(c1)CN(C(=O)CCC1CCC1)CCOCCO2. The van der Waals surface area contributed by atoms with Gasteiger partial charge in [-0.25, -0.2) is 0 Å². The van der Waals surface area contributed by atoms with Gasteiger partial charge >= 0.3 is 0 Å². The molecule has 0 N–H and O–H groups in total. The third-order valence-electron chi connectivity index (χ3n) is 7.48. The molecule has 5 rings (SSSR count). The number of rotatable bonds is 4. The Morgan fingerprint density at radius 1 is 1.06 bits per heavy atom. The van der Waals surface area contributed by atoms with Crippen LogP contribution in [-0.2, 0) is 22.5 Å². The largest absolute Gasteiger partial charge is 0.491 e. The maximum absolute atomic E-state index is 13.1. The van der Waals surface area contributed by atoms with Crippen molar-refractivity contribution in [2.45, 2.75) is 58.9 Å². The van der Waals surface area contributed by atoms with E-state index < -0.39 is 0 Å². The second-order valence-electron chi connectivity index (χ2n) is 10.1. The van der Waals surface area contributed by atoms with Crippen molar-refractivity contribution in [1.29, 1.82) is 0 Å². The van der Waals surface area contributed by atoms with Crippen LogP contribution in [0.15, 0.2) is 47.0 Å². The monoisotopic (exact) mass is 488 g/mol. The van der Waals surface area contributed by atoms with E-state index >= 15 is 0 Å². The van der Waals surface area contributed by atoms with Gasteiger partial charge in [0.25, 0.3) is 0 Å². The molecule has 1 amide bonds. The van der Waals surface area contributed by atoms with E-state index in [0.29, 0.717) is 39.3 Å². The van der Waals surface area contributed by atoms with Gasteiger partial charge in [-0.15, -0.1) is 0 Å². The van der Waals surface area contributed by atoms with Crippen molar-refractivity contribution in [2.75, 3.05) is 26.4 Å². The second kappa shape index (κ2) is 11.3. The lowest BCUT2D eigenvalue weighted by Crippen LogP contribution is -2.34. The van der Waals surface area contributed by atoms with Crippen molar-refractivity contribution < 1.29 is 18.8 Å². The van der Waals surface area contributed by atoms with Crippen LogP contribution in [0.3, 0.4) is 0 Å². The molecule has 0 spiro atoms. The summed E-state index contributed by atoms with van der Waals surface area (Å²) in [5.41, 5.74) is 6.44. The summed E-state index contributed by atoms with van der Waals surface area (Å²) in [5.74, 6) is 2.64. The van der Waals surface area contributed by atoms with E-state index in [4.69, 9.17) is 14.0 Å². The minimum Gasteiger partial charge on any atom is -0.491 e. The lowest BCUT2D eigenvalue weighted by atomic mass is 9.82. The topological polar surface area (TPSA) is 64.8 Å². The van der Waals surface area contributed by atoms with E-state index in [1.165, 1.54) is 24.8 Å². The third kappa shape index (κ3) is 5.81. The van der Waals surface area contributed by atoms with Crippen molar-refractivity contribution in [3.8, 4) is 16.9 Å². The first-order chi connectivity index (χ1) is 17.6. The molecular formula is C30H36N2O4. The molecule has 190 valence electrons. The van der Waals surface area contributed by atoms with Gasteiger partial charge in [0.05, 0.1) is 18.9 Å². The van der Waals surface area contributed by atoms with Gasteiger partial charge in [0.15, 0.2) is 0 Å². The zero-order valence-corrected chi connectivity index (χ0v) is 21.4. The lowest BCUT2D eigenvalue weighted by molar-refractivity contribution is -0.133. The minimum atomic E-state index is 0.230. The number of benzene rings is 2. The van der Waals surface area contributed by atoms with Gasteiger partial charge in [0.2, 0.25) is 5.91 Å². The summed E-state index contributed by atoms with van der Waals surface area (Å²) in [6, 6.07) is 14.8. The molecule has 1 saturated carbocycles. The summed E-state index contributed by atoms with van der Waals surface area (Å²) in [6.07, 6.45) is 6.24. The second-order valence-corrected chi connectivity index (χ2v) is 10.1. The number of amides is 1. The molecule has 2 bridgehead atoms. The fourth-order valence-corrected chi connectivity index (χ4v) is 5.23. The Hall–Kier alpha value is -3.12. The maximum atomic E-state index is 13.1. The Labute approximate surface area is 213 Å². The van der Waals surface area contributed by atoms with E-state index in [1.807, 2.05) is 24.8 Å². The van der Waals surface area contributed by atoms with Crippen LogP contribution in [0.1, 0.15) is 60.2 Å². The summed E-state index contributed by atoms with van der Waals surface area (Å²) in [5, 5.41) is 4.12. The van der Waals surface area contributed by atoms with E-state index in [2.05, 4.69) is 41.6 Å². The normalized spacial score (nSPS) is 17.0. The van der Waals surface area contributed by atoms with Crippen LogP contribution in [0.5, 0.6) is 5.75 Å². The number of carbonyl (C=O) groups excluding carboxylic acids is 1. The van der Waals surface area contributed by atoms with Gasteiger partial charge in [-0.2, -0.15) is 0 Å². The molecule has 0 unspecified atom stereocenters. The van der Waals surface area contributed by atoms with Crippen LogP contribution < -0.4 is 4.74 Å². The van der Waals surface area contributed by atoms with Gasteiger partial charge in [-0.05, 0) is 60.6 Å². The first-order valence-corrected chi connectivity index (χ1v) is 13.2. The van der Waals surface area contributed by atoms with Crippen molar-refractivity contribution >= 4 is 5.91 Å². The van der Waals surface area contributed by atoms with Gasteiger partial charge < -0.3 is 18.9 Å². The summed E-state index contributed by atoms with van der Waals surface area (Å²) >= 11 is 0. The van der Waals surface area contributed by atoms with E-state index in [0.717, 1.165) is 58.2 Å². The lowest BCUT2D eigenvalue weighted by Gasteiger charge is -2.27. The first kappa shape index (κ1) is 24.6. The Balaban J connectivity index is 1.39. The summed E-state index contributed by atoms with van der Waals surface area (Å²) in [6.45, 7) is 6.59. The van der Waals surface area contributed by atoms with Crippen LogP contribution in [-0.4, -0.2) is 42.3 Å². The van der Waals surface area contributed by atoms with Crippen molar-refractivity contribution in [3.63, 3.8) is 0 Å². The number of hydrogen-bond acceptors (Lipinski definition) is 5. The van der Waals surface area contributed by atoms with Crippen molar-refractivity contribution in [3.05, 3.63) is 70.6 Å². The number of nitrogens with zero attached hydrogens (tertiary/aromatic N) is 2. The van der Waals surface area contributed by atoms with Crippen LogP contribution in [0.25, 0.3) is 11.1 Å². The number of carbonyl (C=O) groups is 1.